The molecule has 1 N–H and O–H groups in total. The van der Waals surface area contributed by atoms with E-state index in [9.17, 15) is 0 Å². The summed E-state index contributed by atoms with van der Waals surface area (Å²) >= 11 is 6.30. The van der Waals surface area contributed by atoms with E-state index in [2.05, 4.69) is 24.3 Å². The number of hydrogen-bond acceptors (Lipinski definition) is 2. The zero-order valence-corrected chi connectivity index (χ0v) is 11.2. The number of aryl methyl sites for hydroxylation is 2. The predicted molar refractivity (Wildman–Crippen MR) is 66.8 cm³/mol. The van der Waals surface area contributed by atoms with Crippen molar-refractivity contribution >= 4 is 11.6 Å². The van der Waals surface area contributed by atoms with Crippen LogP contribution < -0.4 is 5.32 Å². The fraction of sp³-hybridized carbons (Fsp3) is 0.750. The third-order valence-electron chi connectivity index (χ3n) is 3.96. The SMILES string of the molecule is Cc1nn(C)c(CC2(C(C)C)CNC2)c1Cl. The molecule has 2 heterocycles. The van der Waals surface area contributed by atoms with Crippen molar-refractivity contribution in [3.8, 4) is 0 Å². The molecule has 1 fully saturated rings. The third kappa shape index (κ3) is 1.76. The first-order valence-electron chi connectivity index (χ1n) is 5.85. The molecule has 1 aliphatic heterocycles. The molecular formula is C12H20ClN3. The second-order valence-corrected chi connectivity index (χ2v) is 5.65. The average Bonchev–Trinajstić information content (AvgIpc) is 2.36. The van der Waals surface area contributed by atoms with Gasteiger partial charge in [0.2, 0.25) is 0 Å². The monoisotopic (exact) mass is 241 g/mol. The summed E-state index contributed by atoms with van der Waals surface area (Å²) in [6.07, 6.45) is 1.02. The lowest BCUT2D eigenvalue weighted by molar-refractivity contribution is 0.0969. The lowest BCUT2D eigenvalue weighted by atomic mass is 9.69. The van der Waals surface area contributed by atoms with E-state index in [0.29, 0.717) is 11.3 Å². The van der Waals surface area contributed by atoms with Gasteiger partial charge in [0.05, 0.1) is 16.4 Å². The molecule has 0 saturated carbocycles. The number of hydrogen-bond donors (Lipinski definition) is 1. The minimum absolute atomic E-state index is 0.365. The minimum atomic E-state index is 0.365. The maximum atomic E-state index is 6.30. The number of rotatable bonds is 3. The summed E-state index contributed by atoms with van der Waals surface area (Å²) in [5.74, 6) is 0.667. The molecule has 16 heavy (non-hydrogen) atoms. The quantitative estimate of drug-likeness (QED) is 0.879. The van der Waals surface area contributed by atoms with Gasteiger partial charge in [0.15, 0.2) is 0 Å². The van der Waals surface area contributed by atoms with Crippen LogP contribution in [0.1, 0.15) is 25.2 Å². The Bertz CT molecular complexity index is 391. The summed E-state index contributed by atoms with van der Waals surface area (Å²) < 4.78 is 1.93. The van der Waals surface area contributed by atoms with Crippen LogP contribution in [0.4, 0.5) is 0 Å². The molecule has 0 amide bonds. The molecule has 90 valence electrons. The van der Waals surface area contributed by atoms with Crippen molar-refractivity contribution in [2.24, 2.45) is 18.4 Å². The van der Waals surface area contributed by atoms with Crippen molar-refractivity contribution in [3.63, 3.8) is 0 Å². The van der Waals surface area contributed by atoms with Gasteiger partial charge >= 0.3 is 0 Å². The average molecular weight is 242 g/mol. The van der Waals surface area contributed by atoms with Crippen molar-refractivity contribution in [2.75, 3.05) is 13.1 Å². The molecule has 4 heteroatoms. The summed E-state index contributed by atoms with van der Waals surface area (Å²) in [7, 11) is 1.98. The van der Waals surface area contributed by atoms with E-state index in [0.717, 1.165) is 30.2 Å². The summed E-state index contributed by atoms with van der Waals surface area (Å²) in [6.45, 7) is 8.72. The molecule has 0 bridgehead atoms. The van der Waals surface area contributed by atoms with Crippen molar-refractivity contribution < 1.29 is 0 Å². The van der Waals surface area contributed by atoms with Crippen LogP contribution in [0.2, 0.25) is 5.02 Å². The first-order valence-corrected chi connectivity index (χ1v) is 6.23. The van der Waals surface area contributed by atoms with E-state index in [1.807, 2.05) is 18.7 Å². The Kier molecular flexibility index (Phi) is 3.01. The van der Waals surface area contributed by atoms with Gasteiger partial charge in [-0.15, -0.1) is 0 Å². The molecular weight excluding hydrogens is 222 g/mol. The van der Waals surface area contributed by atoms with Crippen molar-refractivity contribution in [2.45, 2.75) is 27.2 Å². The Morgan fingerprint density at radius 3 is 2.44 bits per heavy atom. The van der Waals surface area contributed by atoms with E-state index in [1.165, 1.54) is 5.69 Å². The van der Waals surface area contributed by atoms with E-state index >= 15 is 0 Å². The third-order valence-corrected chi connectivity index (χ3v) is 4.45. The molecule has 2 rings (SSSR count). The predicted octanol–water partition coefficient (Wildman–Crippen LogP) is 2.17. The van der Waals surface area contributed by atoms with Crippen LogP contribution in [0.5, 0.6) is 0 Å². The largest absolute Gasteiger partial charge is 0.315 e. The molecule has 0 unspecified atom stereocenters. The van der Waals surface area contributed by atoms with Crippen LogP contribution in [0.15, 0.2) is 0 Å². The zero-order chi connectivity index (χ0) is 11.9. The number of nitrogens with one attached hydrogen (secondary N) is 1. The second kappa shape index (κ2) is 4.04. The van der Waals surface area contributed by atoms with Crippen LogP contribution in [-0.4, -0.2) is 22.9 Å². The topological polar surface area (TPSA) is 29.9 Å². The van der Waals surface area contributed by atoms with Crippen molar-refractivity contribution in [3.05, 3.63) is 16.4 Å². The smallest absolute Gasteiger partial charge is 0.0847 e. The first-order chi connectivity index (χ1) is 7.46. The Morgan fingerprint density at radius 1 is 1.50 bits per heavy atom. The van der Waals surface area contributed by atoms with Gasteiger partial charge in [-0.2, -0.15) is 5.10 Å². The van der Waals surface area contributed by atoms with Crippen molar-refractivity contribution in [1.82, 2.24) is 15.1 Å². The summed E-state index contributed by atoms with van der Waals surface area (Å²) in [5.41, 5.74) is 2.48. The maximum absolute atomic E-state index is 6.30. The van der Waals surface area contributed by atoms with Gasteiger partial charge in [0, 0.05) is 25.6 Å². The minimum Gasteiger partial charge on any atom is -0.315 e. The molecule has 1 aromatic heterocycles. The molecule has 1 aliphatic rings. The van der Waals surface area contributed by atoms with E-state index in [-0.39, 0.29) is 0 Å². The number of nitrogens with zero attached hydrogens (tertiary/aromatic N) is 2. The second-order valence-electron chi connectivity index (χ2n) is 5.27. The van der Waals surface area contributed by atoms with Crippen LogP contribution in [-0.2, 0) is 13.5 Å². The van der Waals surface area contributed by atoms with Crippen LogP contribution in [0, 0.1) is 18.3 Å². The highest BCUT2D eigenvalue weighted by atomic mass is 35.5. The number of aromatic nitrogens is 2. The summed E-state index contributed by atoms with van der Waals surface area (Å²) in [6, 6.07) is 0. The van der Waals surface area contributed by atoms with Gasteiger partial charge in [-0.1, -0.05) is 25.4 Å². The fourth-order valence-corrected chi connectivity index (χ4v) is 2.62. The summed E-state index contributed by atoms with van der Waals surface area (Å²) in [4.78, 5) is 0. The Balaban J connectivity index is 2.26. The van der Waals surface area contributed by atoms with E-state index < -0.39 is 0 Å². The van der Waals surface area contributed by atoms with Crippen molar-refractivity contribution in [1.29, 1.82) is 0 Å². The van der Waals surface area contributed by atoms with Gasteiger partial charge in [-0.3, -0.25) is 4.68 Å². The molecule has 3 nitrogen and oxygen atoms in total. The fourth-order valence-electron chi connectivity index (χ4n) is 2.39. The Morgan fingerprint density at radius 2 is 2.12 bits per heavy atom. The maximum Gasteiger partial charge on any atom is 0.0847 e. The molecule has 0 spiro atoms. The van der Waals surface area contributed by atoms with Crippen LogP contribution in [0.3, 0.4) is 0 Å². The standard InChI is InChI=1S/C12H20ClN3/c1-8(2)12(6-14-7-12)5-10-11(13)9(3)15-16(10)4/h8,14H,5-7H2,1-4H3. The first kappa shape index (κ1) is 11.9. The highest BCUT2D eigenvalue weighted by Crippen LogP contribution is 2.37. The Labute approximate surface area is 102 Å². The zero-order valence-electron chi connectivity index (χ0n) is 10.5. The lowest BCUT2D eigenvalue weighted by Gasteiger charge is -2.46. The summed E-state index contributed by atoms with van der Waals surface area (Å²) in [5, 5.41) is 8.60. The normalized spacial score (nSPS) is 18.9. The van der Waals surface area contributed by atoms with Crippen LogP contribution in [0.25, 0.3) is 0 Å². The van der Waals surface area contributed by atoms with E-state index in [1.54, 1.807) is 0 Å². The lowest BCUT2D eigenvalue weighted by Crippen LogP contribution is -2.57. The highest BCUT2D eigenvalue weighted by Gasteiger charge is 2.41. The van der Waals surface area contributed by atoms with Crippen LogP contribution >= 0.6 is 11.6 Å². The molecule has 0 atom stereocenters. The molecule has 0 aromatic carbocycles. The molecule has 0 aliphatic carbocycles. The Hall–Kier alpha value is -0.540. The van der Waals surface area contributed by atoms with Gasteiger partial charge < -0.3 is 5.32 Å². The number of halogens is 1. The van der Waals surface area contributed by atoms with E-state index in [4.69, 9.17) is 11.6 Å². The van der Waals surface area contributed by atoms with Gasteiger partial charge in [0.1, 0.15) is 0 Å². The molecule has 0 radical (unpaired) electrons. The van der Waals surface area contributed by atoms with Gasteiger partial charge in [-0.05, 0) is 19.3 Å². The molecule has 1 saturated heterocycles. The molecule has 1 aromatic rings. The van der Waals surface area contributed by atoms with Gasteiger partial charge in [0.25, 0.3) is 0 Å². The highest BCUT2D eigenvalue weighted by molar-refractivity contribution is 6.31. The van der Waals surface area contributed by atoms with Gasteiger partial charge in [-0.25, -0.2) is 0 Å².